The zero-order valence-corrected chi connectivity index (χ0v) is 13.6. The molecule has 0 radical (unpaired) electrons. The predicted molar refractivity (Wildman–Crippen MR) is 85.5 cm³/mol. The van der Waals surface area contributed by atoms with Crippen LogP contribution in [0.25, 0.3) is 0 Å². The maximum absolute atomic E-state index is 14.0. The summed E-state index contributed by atoms with van der Waals surface area (Å²) in [5.41, 5.74) is 0.372. The van der Waals surface area contributed by atoms with Gasteiger partial charge in [-0.05, 0) is 59.3 Å². The van der Waals surface area contributed by atoms with Gasteiger partial charge in [0.15, 0.2) is 11.6 Å². The molecule has 2 aromatic rings. The van der Waals surface area contributed by atoms with Gasteiger partial charge in [0.2, 0.25) is 0 Å². The molecule has 0 atom stereocenters. The van der Waals surface area contributed by atoms with Crippen molar-refractivity contribution >= 4 is 51.5 Å². The van der Waals surface area contributed by atoms with Crippen molar-refractivity contribution in [2.45, 2.75) is 6.92 Å². The smallest absolute Gasteiger partial charge is 0.337 e. The number of carboxylic acid groups (broad SMARTS) is 1. The highest BCUT2D eigenvalue weighted by Gasteiger charge is 2.22. The number of rotatable bonds is 3. The summed E-state index contributed by atoms with van der Waals surface area (Å²) in [4.78, 5) is 11.2. The number of benzene rings is 2. The normalized spacial score (nSPS) is 10.5. The summed E-state index contributed by atoms with van der Waals surface area (Å²) >= 11 is 7.60. The number of carboxylic acids is 1. The van der Waals surface area contributed by atoms with E-state index in [2.05, 4.69) is 27.9 Å². The van der Waals surface area contributed by atoms with Gasteiger partial charge in [-0.2, -0.15) is 0 Å². The Kier molecular flexibility index (Phi) is 4.67. The molecule has 0 aromatic heterocycles. The lowest BCUT2D eigenvalue weighted by Crippen LogP contribution is -2.08. The molecule has 0 saturated heterocycles. The zero-order valence-electron chi connectivity index (χ0n) is 10.7. The second-order valence-corrected chi connectivity index (χ2v) is 5.95. The van der Waals surface area contributed by atoms with Crippen LogP contribution >= 0.6 is 34.2 Å². The Bertz CT molecular complexity index is 737. The van der Waals surface area contributed by atoms with Crippen LogP contribution in [-0.4, -0.2) is 11.1 Å². The molecule has 0 unspecified atom stereocenters. The van der Waals surface area contributed by atoms with Gasteiger partial charge < -0.3 is 10.4 Å². The zero-order chi connectivity index (χ0) is 15.7. The third-order valence-corrected chi connectivity index (χ3v) is 3.79. The number of carbonyl (C=O) groups is 1. The largest absolute Gasteiger partial charge is 0.478 e. The van der Waals surface area contributed by atoms with Gasteiger partial charge in [-0.25, -0.2) is 13.6 Å². The van der Waals surface area contributed by atoms with Crippen LogP contribution in [0, 0.1) is 22.1 Å². The quantitative estimate of drug-likeness (QED) is 0.541. The first-order chi connectivity index (χ1) is 9.81. The molecule has 0 amide bonds. The molecule has 2 N–H and O–H groups in total. The molecule has 2 rings (SSSR count). The van der Waals surface area contributed by atoms with Crippen LogP contribution in [0.4, 0.5) is 20.2 Å². The summed E-state index contributed by atoms with van der Waals surface area (Å²) < 4.78 is 28.5. The first-order valence-electron chi connectivity index (χ1n) is 5.75. The van der Waals surface area contributed by atoms with Gasteiger partial charge in [0, 0.05) is 9.26 Å². The maximum atomic E-state index is 14.0. The maximum Gasteiger partial charge on any atom is 0.337 e. The van der Waals surface area contributed by atoms with E-state index in [-0.39, 0.29) is 0 Å². The molecule has 110 valence electrons. The van der Waals surface area contributed by atoms with Crippen molar-refractivity contribution in [3.8, 4) is 0 Å². The van der Waals surface area contributed by atoms with Gasteiger partial charge in [-0.3, -0.25) is 0 Å². The number of halogens is 4. The van der Waals surface area contributed by atoms with E-state index in [1.165, 1.54) is 0 Å². The first kappa shape index (κ1) is 16.0. The Hall–Kier alpha value is -1.41. The first-order valence-corrected chi connectivity index (χ1v) is 7.21. The Morgan fingerprint density at radius 2 is 1.95 bits per heavy atom. The average molecular weight is 424 g/mol. The van der Waals surface area contributed by atoms with Gasteiger partial charge in [-0.1, -0.05) is 11.6 Å². The minimum Gasteiger partial charge on any atom is -0.478 e. The molecule has 0 aliphatic rings. The highest BCUT2D eigenvalue weighted by molar-refractivity contribution is 14.1. The average Bonchev–Trinajstić information content (AvgIpc) is 2.41. The van der Waals surface area contributed by atoms with E-state index in [4.69, 9.17) is 16.7 Å². The SMILES string of the molecule is Cc1cc(I)ccc1Nc1c(C(=O)O)cc(Cl)c(F)c1F. The summed E-state index contributed by atoms with van der Waals surface area (Å²) in [7, 11) is 0. The fraction of sp³-hybridized carbons (Fsp3) is 0.0714. The third-order valence-electron chi connectivity index (χ3n) is 2.84. The van der Waals surface area contributed by atoms with Crippen molar-refractivity contribution in [2.24, 2.45) is 0 Å². The van der Waals surface area contributed by atoms with Crippen molar-refractivity contribution in [2.75, 3.05) is 5.32 Å². The molecule has 3 nitrogen and oxygen atoms in total. The lowest BCUT2D eigenvalue weighted by Gasteiger charge is -2.14. The van der Waals surface area contributed by atoms with Crippen LogP contribution in [0.3, 0.4) is 0 Å². The van der Waals surface area contributed by atoms with Crippen LogP contribution in [0.5, 0.6) is 0 Å². The van der Waals surface area contributed by atoms with Crippen LogP contribution in [0.15, 0.2) is 24.3 Å². The Labute approximate surface area is 138 Å². The molecule has 0 fully saturated rings. The van der Waals surface area contributed by atoms with Gasteiger partial charge in [0.1, 0.15) is 0 Å². The van der Waals surface area contributed by atoms with E-state index >= 15 is 0 Å². The number of hydrogen-bond donors (Lipinski definition) is 2. The summed E-state index contributed by atoms with van der Waals surface area (Å²) in [5.74, 6) is -4.01. The topological polar surface area (TPSA) is 49.3 Å². The van der Waals surface area contributed by atoms with Crippen LogP contribution < -0.4 is 5.32 Å². The summed E-state index contributed by atoms with van der Waals surface area (Å²) in [5, 5.41) is 11.2. The lowest BCUT2D eigenvalue weighted by molar-refractivity contribution is 0.0697. The van der Waals surface area contributed by atoms with Gasteiger partial charge in [0.05, 0.1) is 16.3 Å². The highest BCUT2D eigenvalue weighted by atomic mass is 127. The number of hydrogen-bond acceptors (Lipinski definition) is 2. The molecule has 0 aliphatic carbocycles. The minimum absolute atomic E-state index is 0.433. The highest BCUT2D eigenvalue weighted by Crippen LogP contribution is 2.32. The van der Waals surface area contributed by atoms with Crippen molar-refractivity contribution in [1.29, 1.82) is 0 Å². The molecule has 0 aliphatic heterocycles. The second-order valence-electron chi connectivity index (χ2n) is 4.30. The van der Waals surface area contributed by atoms with Gasteiger partial charge >= 0.3 is 5.97 Å². The molecule has 0 saturated carbocycles. The van der Waals surface area contributed by atoms with E-state index in [9.17, 15) is 13.6 Å². The Morgan fingerprint density at radius 1 is 1.29 bits per heavy atom. The number of aryl methyl sites for hydroxylation is 1. The van der Waals surface area contributed by atoms with Gasteiger partial charge in [-0.15, -0.1) is 0 Å². The molecule has 0 heterocycles. The second kappa shape index (κ2) is 6.15. The fourth-order valence-electron chi connectivity index (χ4n) is 1.79. The lowest BCUT2D eigenvalue weighted by atomic mass is 10.1. The minimum atomic E-state index is -1.40. The van der Waals surface area contributed by atoms with Crippen LogP contribution in [0.1, 0.15) is 15.9 Å². The third kappa shape index (κ3) is 3.26. The molecule has 0 spiro atoms. The Balaban J connectivity index is 2.57. The summed E-state index contributed by atoms with van der Waals surface area (Å²) in [6, 6.07) is 6.13. The number of nitrogens with one attached hydrogen (secondary N) is 1. The molecule has 0 bridgehead atoms. The summed E-state index contributed by atoms with van der Waals surface area (Å²) in [6.45, 7) is 1.77. The molecular formula is C14H9ClF2INO2. The Morgan fingerprint density at radius 3 is 2.52 bits per heavy atom. The monoisotopic (exact) mass is 423 g/mol. The van der Waals surface area contributed by atoms with E-state index < -0.39 is 33.9 Å². The van der Waals surface area contributed by atoms with Gasteiger partial charge in [0.25, 0.3) is 0 Å². The molecule has 21 heavy (non-hydrogen) atoms. The van der Waals surface area contributed by atoms with Crippen molar-refractivity contribution < 1.29 is 18.7 Å². The number of anilines is 2. The fourth-order valence-corrected chi connectivity index (χ4v) is 2.63. The van der Waals surface area contributed by atoms with E-state index in [1.54, 1.807) is 19.1 Å². The molecular weight excluding hydrogens is 415 g/mol. The van der Waals surface area contributed by atoms with E-state index in [0.717, 1.165) is 15.2 Å². The number of aromatic carboxylic acids is 1. The van der Waals surface area contributed by atoms with Crippen molar-refractivity contribution in [3.05, 3.63) is 55.6 Å². The molecule has 7 heteroatoms. The van der Waals surface area contributed by atoms with E-state index in [0.29, 0.717) is 5.69 Å². The van der Waals surface area contributed by atoms with E-state index in [1.807, 2.05) is 6.07 Å². The van der Waals surface area contributed by atoms with Crippen LogP contribution in [-0.2, 0) is 0 Å². The van der Waals surface area contributed by atoms with Crippen molar-refractivity contribution in [3.63, 3.8) is 0 Å². The predicted octanol–water partition coefficient (Wildman–Crippen LogP) is 4.97. The van der Waals surface area contributed by atoms with Crippen molar-refractivity contribution in [1.82, 2.24) is 0 Å². The van der Waals surface area contributed by atoms with Crippen LogP contribution in [0.2, 0.25) is 5.02 Å². The standard InChI is InChI=1S/C14H9ClF2INO2/c1-6-4-7(18)2-3-10(6)19-13-8(14(20)21)5-9(15)11(16)12(13)17/h2-5,19H,1H3,(H,20,21). The molecule has 2 aromatic carbocycles. The summed E-state index contributed by atoms with van der Waals surface area (Å²) in [6.07, 6.45) is 0.